The molecule has 0 saturated heterocycles. The van der Waals surface area contributed by atoms with Gasteiger partial charge in [0.1, 0.15) is 5.82 Å². The number of nitrogens with one attached hydrogen (secondary N) is 1. The topological polar surface area (TPSA) is 52.5 Å². The summed E-state index contributed by atoms with van der Waals surface area (Å²) < 4.78 is 13.3. The number of rotatable bonds is 5. The lowest BCUT2D eigenvalue weighted by Crippen LogP contribution is -2.35. The zero-order chi connectivity index (χ0) is 11.3. The van der Waals surface area contributed by atoms with Gasteiger partial charge in [0.15, 0.2) is 0 Å². The molecule has 0 aliphatic carbocycles. The highest BCUT2D eigenvalue weighted by Gasteiger charge is 2.07. The molecule has 0 radical (unpaired) electrons. The van der Waals surface area contributed by atoms with Gasteiger partial charge in [-0.15, -0.1) is 0 Å². The van der Waals surface area contributed by atoms with Crippen LogP contribution in [-0.4, -0.2) is 29.5 Å². The maximum Gasteiger partial charge on any atom is 0.127 e. The quantitative estimate of drug-likeness (QED) is 0.670. The minimum atomic E-state index is -0.398. The first-order chi connectivity index (χ1) is 7.17. The Morgan fingerprint density at radius 3 is 2.60 bits per heavy atom. The average molecular weight is 213 g/mol. The fraction of sp³-hybridized carbons (Fsp3) is 0.455. The molecule has 0 saturated carbocycles. The number of aliphatic hydroxyl groups excluding tert-OH is 2. The zero-order valence-corrected chi connectivity index (χ0v) is 8.70. The first kappa shape index (κ1) is 12.1. The van der Waals surface area contributed by atoms with Crippen molar-refractivity contribution in [3.63, 3.8) is 0 Å². The third-order valence-electron chi connectivity index (χ3n) is 2.22. The van der Waals surface area contributed by atoms with Crippen molar-refractivity contribution in [2.75, 3.05) is 13.2 Å². The molecule has 0 heterocycles. The molecule has 0 aliphatic rings. The van der Waals surface area contributed by atoms with Gasteiger partial charge in [-0.3, -0.25) is 0 Å². The van der Waals surface area contributed by atoms with Crippen LogP contribution in [0.15, 0.2) is 18.2 Å². The van der Waals surface area contributed by atoms with E-state index in [1.54, 1.807) is 12.1 Å². The van der Waals surface area contributed by atoms with Gasteiger partial charge in [-0.1, -0.05) is 17.7 Å². The molecule has 0 amide bonds. The second-order valence-electron chi connectivity index (χ2n) is 3.54. The van der Waals surface area contributed by atoms with Crippen LogP contribution < -0.4 is 5.32 Å². The lowest BCUT2D eigenvalue weighted by atomic mass is 10.1. The highest BCUT2D eigenvalue weighted by Crippen LogP contribution is 2.09. The Bertz CT molecular complexity index is 313. The lowest BCUT2D eigenvalue weighted by molar-refractivity contribution is 0.170. The summed E-state index contributed by atoms with van der Waals surface area (Å²) in [5, 5.41) is 20.5. The van der Waals surface area contributed by atoms with E-state index in [1.165, 1.54) is 6.07 Å². The van der Waals surface area contributed by atoms with Crippen molar-refractivity contribution in [1.82, 2.24) is 5.32 Å². The van der Waals surface area contributed by atoms with Gasteiger partial charge in [0.2, 0.25) is 0 Å². The molecule has 15 heavy (non-hydrogen) atoms. The van der Waals surface area contributed by atoms with Gasteiger partial charge < -0.3 is 15.5 Å². The summed E-state index contributed by atoms with van der Waals surface area (Å²) in [6.07, 6.45) is 0. The maximum absolute atomic E-state index is 13.3. The summed E-state index contributed by atoms with van der Waals surface area (Å²) in [6.45, 7) is 1.87. The second kappa shape index (κ2) is 5.80. The van der Waals surface area contributed by atoms with Gasteiger partial charge in [0.05, 0.1) is 19.3 Å². The standard InChI is InChI=1S/C11H16FNO2/c1-8-2-3-11(12)9(4-8)5-13-10(6-14)7-15/h2-4,10,13-15H,5-7H2,1H3. The predicted molar refractivity (Wildman–Crippen MR) is 55.9 cm³/mol. The number of hydrogen-bond acceptors (Lipinski definition) is 3. The minimum absolute atomic E-state index is 0.163. The summed E-state index contributed by atoms with van der Waals surface area (Å²) in [4.78, 5) is 0. The van der Waals surface area contributed by atoms with Crippen LogP contribution in [0.3, 0.4) is 0 Å². The van der Waals surface area contributed by atoms with Gasteiger partial charge in [-0.25, -0.2) is 4.39 Å². The van der Waals surface area contributed by atoms with Crippen molar-refractivity contribution < 1.29 is 14.6 Å². The number of aryl methyl sites for hydroxylation is 1. The molecular weight excluding hydrogens is 197 g/mol. The van der Waals surface area contributed by atoms with Crippen LogP contribution in [0.5, 0.6) is 0 Å². The molecule has 4 heteroatoms. The molecule has 0 aliphatic heterocycles. The van der Waals surface area contributed by atoms with E-state index in [1.807, 2.05) is 6.92 Å². The molecule has 1 aromatic rings. The second-order valence-corrected chi connectivity index (χ2v) is 3.54. The van der Waals surface area contributed by atoms with Crippen molar-refractivity contribution in [2.24, 2.45) is 0 Å². The normalized spacial score (nSPS) is 11.0. The van der Waals surface area contributed by atoms with E-state index in [4.69, 9.17) is 10.2 Å². The molecule has 3 N–H and O–H groups in total. The Morgan fingerprint density at radius 2 is 2.00 bits per heavy atom. The summed E-state index contributed by atoms with van der Waals surface area (Å²) in [5.41, 5.74) is 1.53. The Morgan fingerprint density at radius 1 is 1.33 bits per heavy atom. The smallest absolute Gasteiger partial charge is 0.127 e. The molecule has 84 valence electrons. The predicted octanol–water partition coefficient (Wildman–Crippen LogP) is 0.577. The highest BCUT2D eigenvalue weighted by atomic mass is 19.1. The third-order valence-corrected chi connectivity index (χ3v) is 2.22. The van der Waals surface area contributed by atoms with Crippen LogP contribution in [0.25, 0.3) is 0 Å². The van der Waals surface area contributed by atoms with Crippen LogP contribution in [-0.2, 0) is 6.54 Å². The molecule has 0 fully saturated rings. The Balaban J connectivity index is 2.60. The van der Waals surface area contributed by atoms with E-state index >= 15 is 0 Å². The maximum atomic E-state index is 13.3. The minimum Gasteiger partial charge on any atom is -0.395 e. The monoisotopic (exact) mass is 213 g/mol. The first-order valence-electron chi connectivity index (χ1n) is 4.87. The average Bonchev–Trinajstić information content (AvgIpc) is 2.24. The van der Waals surface area contributed by atoms with E-state index in [-0.39, 0.29) is 19.0 Å². The third kappa shape index (κ3) is 3.58. The fourth-order valence-corrected chi connectivity index (χ4v) is 1.28. The van der Waals surface area contributed by atoms with Gasteiger partial charge in [-0.2, -0.15) is 0 Å². The van der Waals surface area contributed by atoms with Crippen molar-refractivity contribution >= 4 is 0 Å². The summed E-state index contributed by atoms with van der Waals surface area (Å²) in [6, 6.07) is 4.46. The first-order valence-corrected chi connectivity index (χ1v) is 4.87. The number of aliphatic hydroxyl groups is 2. The Hall–Kier alpha value is -0.970. The van der Waals surface area contributed by atoms with Crippen molar-refractivity contribution in [3.8, 4) is 0 Å². The molecule has 1 aromatic carbocycles. The van der Waals surface area contributed by atoms with Crippen LogP contribution >= 0.6 is 0 Å². The molecule has 0 bridgehead atoms. The van der Waals surface area contributed by atoms with Crippen LogP contribution in [0, 0.1) is 12.7 Å². The summed E-state index contributed by atoms with van der Waals surface area (Å²) in [5.74, 6) is -0.275. The molecule has 0 atom stereocenters. The fourth-order valence-electron chi connectivity index (χ4n) is 1.28. The number of benzene rings is 1. The van der Waals surface area contributed by atoms with Crippen LogP contribution in [0.1, 0.15) is 11.1 Å². The molecule has 1 rings (SSSR count). The molecule has 0 aromatic heterocycles. The molecular formula is C11H16FNO2. The van der Waals surface area contributed by atoms with Crippen molar-refractivity contribution in [3.05, 3.63) is 35.1 Å². The largest absolute Gasteiger partial charge is 0.395 e. The van der Waals surface area contributed by atoms with Crippen molar-refractivity contribution in [2.45, 2.75) is 19.5 Å². The summed E-state index contributed by atoms with van der Waals surface area (Å²) >= 11 is 0. The molecule has 0 spiro atoms. The SMILES string of the molecule is Cc1ccc(F)c(CNC(CO)CO)c1. The van der Waals surface area contributed by atoms with Crippen LogP contribution in [0.4, 0.5) is 4.39 Å². The van der Waals surface area contributed by atoms with E-state index in [0.717, 1.165) is 5.56 Å². The number of hydrogen-bond donors (Lipinski definition) is 3. The van der Waals surface area contributed by atoms with Gasteiger partial charge in [0, 0.05) is 12.1 Å². The van der Waals surface area contributed by atoms with Gasteiger partial charge in [-0.05, 0) is 13.0 Å². The van der Waals surface area contributed by atoms with E-state index in [9.17, 15) is 4.39 Å². The lowest BCUT2D eigenvalue weighted by Gasteiger charge is -2.13. The van der Waals surface area contributed by atoms with E-state index in [0.29, 0.717) is 12.1 Å². The van der Waals surface area contributed by atoms with Crippen molar-refractivity contribution in [1.29, 1.82) is 0 Å². The van der Waals surface area contributed by atoms with Gasteiger partial charge >= 0.3 is 0 Å². The highest BCUT2D eigenvalue weighted by molar-refractivity contribution is 5.23. The van der Waals surface area contributed by atoms with E-state index < -0.39 is 6.04 Å². The molecule has 0 unspecified atom stereocenters. The van der Waals surface area contributed by atoms with Gasteiger partial charge in [0.25, 0.3) is 0 Å². The van der Waals surface area contributed by atoms with Crippen LogP contribution in [0.2, 0.25) is 0 Å². The number of halogens is 1. The Labute approximate surface area is 88.6 Å². The molecule has 3 nitrogen and oxygen atoms in total. The summed E-state index contributed by atoms with van der Waals surface area (Å²) in [7, 11) is 0. The Kier molecular flexibility index (Phi) is 4.68. The zero-order valence-electron chi connectivity index (χ0n) is 8.70. The van der Waals surface area contributed by atoms with E-state index in [2.05, 4.69) is 5.32 Å².